The molecule has 1 amide bonds. The monoisotopic (exact) mass is 440 g/mol. The number of rotatable bonds is 2. The predicted molar refractivity (Wildman–Crippen MR) is 114 cm³/mol. The summed E-state index contributed by atoms with van der Waals surface area (Å²) in [6, 6.07) is 10.1. The van der Waals surface area contributed by atoms with Gasteiger partial charge in [-0.1, -0.05) is 33.8 Å². The summed E-state index contributed by atoms with van der Waals surface area (Å²) in [5, 5.41) is 11.0. The Morgan fingerprint density at radius 2 is 2.00 bits per heavy atom. The Morgan fingerprint density at radius 3 is 2.74 bits per heavy atom. The van der Waals surface area contributed by atoms with Crippen LogP contribution in [0.1, 0.15) is 23.9 Å². The molecule has 0 saturated carbocycles. The first kappa shape index (κ1) is 18.0. The highest BCUT2D eigenvalue weighted by molar-refractivity contribution is 9.10. The second kappa shape index (κ2) is 6.65. The highest BCUT2D eigenvalue weighted by Gasteiger charge is 2.34. The van der Waals surface area contributed by atoms with Gasteiger partial charge in [0.25, 0.3) is 5.91 Å². The number of allylic oxidation sites excluding steroid dienone is 1. The van der Waals surface area contributed by atoms with Crippen LogP contribution in [-0.2, 0) is 4.79 Å². The minimum absolute atomic E-state index is 0.177. The maximum absolute atomic E-state index is 12.5. The van der Waals surface area contributed by atoms with Crippen molar-refractivity contribution in [3.05, 3.63) is 68.4 Å². The van der Waals surface area contributed by atoms with Gasteiger partial charge >= 0.3 is 0 Å². The van der Waals surface area contributed by atoms with E-state index in [0.29, 0.717) is 10.7 Å². The maximum Gasteiger partial charge on any atom is 0.283 e. The van der Waals surface area contributed by atoms with Gasteiger partial charge in [0.15, 0.2) is 5.17 Å². The smallest absolute Gasteiger partial charge is 0.283 e. The van der Waals surface area contributed by atoms with E-state index >= 15 is 0 Å². The van der Waals surface area contributed by atoms with Gasteiger partial charge in [0.1, 0.15) is 5.84 Å². The number of hydrogen-bond donors (Lipinski definition) is 1. The van der Waals surface area contributed by atoms with Crippen LogP contribution in [0.2, 0.25) is 0 Å². The molecule has 136 valence electrons. The van der Waals surface area contributed by atoms with Crippen molar-refractivity contribution in [2.45, 2.75) is 20.8 Å². The molecule has 27 heavy (non-hydrogen) atoms. The number of halogens is 1. The molecular formula is C20H17BrN4OS. The minimum Gasteiger partial charge on any atom is -0.318 e. The van der Waals surface area contributed by atoms with Crippen molar-refractivity contribution in [1.29, 1.82) is 5.41 Å². The van der Waals surface area contributed by atoms with Crippen LogP contribution in [0.25, 0.3) is 11.8 Å². The Labute approximate surface area is 170 Å². The molecule has 0 radical (unpaired) electrons. The summed E-state index contributed by atoms with van der Waals surface area (Å²) in [5.41, 5.74) is 5.24. The first-order valence-corrected chi connectivity index (χ1v) is 10.1. The standard InChI is InChI=1S/C20H17BrN4OS/c1-11-7-14(13(3)24(11)16-6-4-5-15(21)9-16)8-17-18(22)25-12(2)10-27-20(25)23-19(17)26/h4-10,22H,1-3H3/b17-8+,22-18?. The van der Waals surface area contributed by atoms with Gasteiger partial charge in [-0.15, -0.1) is 0 Å². The van der Waals surface area contributed by atoms with Gasteiger partial charge < -0.3 is 4.57 Å². The molecule has 0 aliphatic carbocycles. The number of nitrogens with one attached hydrogen (secondary N) is 1. The van der Waals surface area contributed by atoms with E-state index < -0.39 is 0 Å². The molecule has 2 aromatic rings. The van der Waals surface area contributed by atoms with Crippen LogP contribution in [-0.4, -0.2) is 26.4 Å². The van der Waals surface area contributed by atoms with Crippen molar-refractivity contribution < 1.29 is 4.79 Å². The molecule has 0 unspecified atom stereocenters. The van der Waals surface area contributed by atoms with Gasteiger partial charge in [0.05, 0.1) is 5.57 Å². The highest BCUT2D eigenvalue weighted by Crippen LogP contribution is 2.32. The molecule has 0 spiro atoms. The second-order valence-corrected chi connectivity index (χ2v) is 8.21. The lowest BCUT2D eigenvalue weighted by Gasteiger charge is -2.25. The molecule has 0 atom stereocenters. The fourth-order valence-corrected chi connectivity index (χ4v) is 4.59. The highest BCUT2D eigenvalue weighted by atomic mass is 79.9. The molecule has 1 N–H and O–H groups in total. The Bertz CT molecular complexity index is 1090. The van der Waals surface area contributed by atoms with Crippen LogP contribution in [0.5, 0.6) is 0 Å². The van der Waals surface area contributed by atoms with Crippen molar-refractivity contribution in [3.63, 3.8) is 0 Å². The van der Waals surface area contributed by atoms with Crippen LogP contribution in [0.15, 0.2) is 56.5 Å². The van der Waals surface area contributed by atoms with Crippen LogP contribution in [0, 0.1) is 19.3 Å². The van der Waals surface area contributed by atoms with Gasteiger partial charge in [0, 0.05) is 27.2 Å². The first-order valence-electron chi connectivity index (χ1n) is 8.39. The Kier molecular flexibility index (Phi) is 4.44. The number of aromatic nitrogens is 1. The van der Waals surface area contributed by atoms with E-state index in [2.05, 4.69) is 31.6 Å². The van der Waals surface area contributed by atoms with Gasteiger partial charge in [-0.05, 0) is 62.1 Å². The topological polar surface area (TPSA) is 61.5 Å². The van der Waals surface area contributed by atoms with Crippen LogP contribution in [0.3, 0.4) is 0 Å². The lowest BCUT2D eigenvalue weighted by Crippen LogP contribution is -2.37. The van der Waals surface area contributed by atoms with Crippen molar-refractivity contribution in [1.82, 2.24) is 9.47 Å². The predicted octanol–water partition coefficient (Wildman–Crippen LogP) is 5.02. The summed E-state index contributed by atoms with van der Waals surface area (Å²) in [6.45, 7) is 5.96. The number of aliphatic imine (C=N–C) groups is 1. The van der Waals surface area contributed by atoms with Gasteiger partial charge in [-0.3, -0.25) is 15.1 Å². The maximum atomic E-state index is 12.5. The molecule has 7 heteroatoms. The summed E-state index contributed by atoms with van der Waals surface area (Å²) >= 11 is 4.89. The average molecular weight is 441 g/mol. The summed E-state index contributed by atoms with van der Waals surface area (Å²) in [6.07, 6.45) is 1.78. The van der Waals surface area contributed by atoms with E-state index in [9.17, 15) is 4.79 Å². The van der Waals surface area contributed by atoms with Crippen molar-refractivity contribution in [2.24, 2.45) is 4.99 Å². The zero-order valence-electron chi connectivity index (χ0n) is 15.1. The third kappa shape index (κ3) is 3.00. The zero-order valence-corrected chi connectivity index (χ0v) is 17.5. The average Bonchev–Trinajstić information content (AvgIpc) is 3.11. The number of carbonyl (C=O) groups excluding carboxylic acids is 1. The molecule has 0 fully saturated rings. The van der Waals surface area contributed by atoms with Crippen LogP contribution < -0.4 is 0 Å². The number of nitrogens with zero attached hydrogens (tertiary/aromatic N) is 3. The molecule has 1 aromatic carbocycles. The molecule has 0 bridgehead atoms. The van der Waals surface area contributed by atoms with Gasteiger partial charge in [-0.2, -0.15) is 4.99 Å². The fourth-order valence-electron chi connectivity index (χ4n) is 3.34. The normalized spacial score (nSPS) is 18.1. The molecule has 0 saturated heterocycles. The molecular weight excluding hydrogens is 424 g/mol. The number of thioether (sulfide) groups is 1. The number of amidine groups is 2. The third-order valence-electron chi connectivity index (χ3n) is 4.62. The van der Waals surface area contributed by atoms with Crippen molar-refractivity contribution >= 4 is 50.7 Å². The molecule has 3 heterocycles. The van der Waals surface area contributed by atoms with Crippen molar-refractivity contribution in [2.75, 3.05) is 0 Å². The van der Waals surface area contributed by atoms with E-state index in [0.717, 1.165) is 32.8 Å². The van der Waals surface area contributed by atoms with E-state index in [1.807, 2.05) is 50.4 Å². The summed E-state index contributed by atoms with van der Waals surface area (Å²) < 4.78 is 3.15. The number of benzene rings is 1. The van der Waals surface area contributed by atoms with Crippen LogP contribution in [0.4, 0.5) is 0 Å². The molecule has 5 nitrogen and oxygen atoms in total. The number of amides is 1. The lowest BCUT2D eigenvalue weighted by molar-refractivity contribution is -0.114. The summed E-state index contributed by atoms with van der Waals surface area (Å²) in [4.78, 5) is 18.4. The summed E-state index contributed by atoms with van der Waals surface area (Å²) in [5.74, 6) is -0.190. The van der Waals surface area contributed by atoms with E-state index in [4.69, 9.17) is 5.41 Å². The minimum atomic E-state index is -0.367. The fraction of sp³-hybridized carbons (Fsp3) is 0.150. The zero-order chi connectivity index (χ0) is 19.3. The molecule has 4 rings (SSSR count). The van der Waals surface area contributed by atoms with Gasteiger partial charge in [-0.25, -0.2) is 0 Å². The molecule has 2 aliphatic heterocycles. The number of carbonyl (C=O) groups is 1. The first-order chi connectivity index (χ1) is 12.9. The van der Waals surface area contributed by atoms with Crippen LogP contribution >= 0.6 is 27.7 Å². The van der Waals surface area contributed by atoms with E-state index in [-0.39, 0.29) is 11.7 Å². The Hall–Kier alpha value is -2.38. The third-order valence-corrected chi connectivity index (χ3v) is 6.06. The van der Waals surface area contributed by atoms with E-state index in [1.165, 1.54) is 11.8 Å². The van der Waals surface area contributed by atoms with Gasteiger partial charge in [0.2, 0.25) is 0 Å². The number of fused-ring (bicyclic) bond motifs is 1. The Morgan fingerprint density at radius 1 is 1.22 bits per heavy atom. The largest absolute Gasteiger partial charge is 0.318 e. The lowest BCUT2D eigenvalue weighted by atomic mass is 10.1. The second-order valence-electron chi connectivity index (χ2n) is 6.46. The van der Waals surface area contributed by atoms with E-state index in [1.54, 1.807) is 11.0 Å². The molecule has 2 aliphatic rings. The quantitative estimate of drug-likeness (QED) is 0.666. The Balaban J connectivity index is 1.79. The molecule has 1 aromatic heterocycles. The van der Waals surface area contributed by atoms with Crippen molar-refractivity contribution in [3.8, 4) is 5.69 Å². The number of hydrogen-bond acceptors (Lipinski definition) is 3. The summed E-state index contributed by atoms with van der Waals surface area (Å²) in [7, 11) is 0. The number of aryl methyl sites for hydroxylation is 1. The SMILES string of the molecule is CC1=CSC2=NC(=O)/C(=C/c3cc(C)n(-c4cccc(Br)c4)c3C)C(=N)N12.